The van der Waals surface area contributed by atoms with Crippen molar-refractivity contribution in [2.24, 2.45) is 0 Å². The van der Waals surface area contributed by atoms with E-state index in [0.717, 1.165) is 22.3 Å². The molecule has 8 rings (SSSR count). The molecule has 0 spiro atoms. The molecule has 2 aliphatic rings. The van der Waals surface area contributed by atoms with Crippen molar-refractivity contribution >= 4 is 45.8 Å². The van der Waals surface area contributed by atoms with E-state index >= 15 is 0 Å². The number of imide groups is 2. The van der Waals surface area contributed by atoms with Gasteiger partial charge in [-0.15, -0.1) is 0 Å². The van der Waals surface area contributed by atoms with Crippen molar-refractivity contribution in [2.45, 2.75) is 0 Å². The Morgan fingerprint density at radius 3 is 0.932 bits per heavy atom. The maximum Gasteiger partial charge on any atom is 0.266 e. The van der Waals surface area contributed by atoms with Crippen LogP contribution < -0.4 is 9.80 Å². The van der Waals surface area contributed by atoms with Crippen LogP contribution in [0.5, 0.6) is 0 Å². The summed E-state index contributed by atoms with van der Waals surface area (Å²) < 4.78 is 0. The molecule has 0 saturated heterocycles. The first-order valence-corrected chi connectivity index (χ1v) is 14.2. The molecule has 6 aromatic rings. The summed E-state index contributed by atoms with van der Waals surface area (Å²) in [5, 5.41) is 0.669. The van der Waals surface area contributed by atoms with Crippen LogP contribution in [0.15, 0.2) is 133 Å². The predicted molar refractivity (Wildman–Crippen MR) is 170 cm³/mol. The average molecular weight is 571 g/mol. The van der Waals surface area contributed by atoms with E-state index < -0.39 is 23.6 Å². The second kappa shape index (κ2) is 9.71. The minimum Gasteiger partial charge on any atom is -0.268 e. The summed E-state index contributed by atoms with van der Waals surface area (Å²) in [5.74, 6) is -2.03. The van der Waals surface area contributed by atoms with Crippen LogP contribution >= 0.6 is 0 Å². The highest BCUT2D eigenvalue weighted by Gasteiger charge is 2.41. The highest BCUT2D eigenvalue weighted by Crippen LogP contribution is 2.43. The van der Waals surface area contributed by atoms with E-state index in [-0.39, 0.29) is 22.3 Å². The van der Waals surface area contributed by atoms with Crippen LogP contribution in [0.1, 0.15) is 41.4 Å². The molecule has 0 unspecified atom stereocenters. The van der Waals surface area contributed by atoms with Crippen molar-refractivity contribution in [2.75, 3.05) is 9.80 Å². The molecule has 6 heteroatoms. The first-order chi connectivity index (χ1) is 21.5. The maximum absolute atomic E-state index is 14.1. The molecular weight excluding hydrogens is 548 g/mol. The maximum atomic E-state index is 14.1. The Labute approximate surface area is 252 Å². The number of para-hydroxylation sites is 2. The fraction of sp³-hybridized carbons (Fsp3) is 0. The Morgan fingerprint density at radius 1 is 0.295 bits per heavy atom. The first kappa shape index (κ1) is 25.6. The minimum atomic E-state index is -0.508. The molecule has 0 fully saturated rings. The topological polar surface area (TPSA) is 74.8 Å². The van der Waals surface area contributed by atoms with E-state index in [0.29, 0.717) is 22.1 Å². The van der Waals surface area contributed by atoms with Crippen LogP contribution in [0.2, 0.25) is 0 Å². The Kier molecular flexibility index (Phi) is 5.64. The number of anilines is 2. The van der Waals surface area contributed by atoms with Gasteiger partial charge in [0, 0.05) is 44.2 Å². The highest BCUT2D eigenvalue weighted by atomic mass is 16.2. The summed E-state index contributed by atoms with van der Waals surface area (Å²) in [4.78, 5) is 58.8. The zero-order valence-electron chi connectivity index (χ0n) is 23.2. The van der Waals surface area contributed by atoms with Crippen molar-refractivity contribution in [3.63, 3.8) is 0 Å². The number of carbonyl (C=O) groups is 4. The van der Waals surface area contributed by atoms with Gasteiger partial charge in [-0.05, 0) is 47.5 Å². The number of amides is 4. The predicted octanol–water partition coefficient (Wildman–Crippen LogP) is 7.78. The van der Waals surface area contributed by atoms with E-state index in [2.05, 4.69) is 0 Å². The molecule has 0 N–H and O–H groups in total. The number of benzene rings is 6. The van der Waals surface area contributed by atoms with Gasteiger partial charge in [-0.25, -0.2) is 9.80 Å². The van der Waals surface area contributed by atoms with E-state index in [1.807, 2.05) is 84.9 Å². The number of carbonyl (C=O) groups excluding carboxylic acids is 4. The number of rotatable bonds is 4. The Hall–Kier alpha value is -6.14. The molecule has 208 valence electrons. The van der Waals surface area contributed by atoms with E-state index in [1.54, 1.807) is 48.5 Å². The first-order valence-electron chi connectivity index (χ1n) is 14.2. The summed E-state index contributed by atoms with van der Waals surface area (Å²) in [6.45, 7) is 0. The quantitative estimate of drug-likeness (QED) is 0.203. The molecule has 2 aliphatic heterocycles. The van der Waals surface area contributed by atoms with Gasteiger partial charge >= 0.3 is 0 Å². The van der Waals surface area contributed by atoms with Crippen LogP contribution in [0.3, 0.4) is 0 Å². The number of hydrogen-bond acceptors (Lipinski definition) is 4. The average Bonchev–Trinajstić information content (AvgIpc) is 3.07. The van der Waals surface area contributed by atoms with Gasteiger partial charge in [0.05, 0.1) is 11.4 Å². The summed E-state index contributed by atoms with van der Waals surface area (Å²) >= 11 is 0. The van der Waals surface area contributed by atoms with Crippen molar-refractivity contribution in [3.8, 4) is 22.3 Å². The summed E-state index contributed by atoms with van der Waals surface area (Å²) in [6, 6.07) is 40.0. The largest absolute Gasteiger partial charge is 0.268 e. The van der Waals surface area contributed by atoms with Gasteiger partial charge in [0.1, 0.15) is 0 Å². The normalized spacial score (nSPS) is 14.0. The molecule has 0 aliphatic carbocycles. The van der Waals surface area contributed by atoms with E-state index in [4.69, 9.17) is 0 Å². The van der Waals surface area contributed by atoms with Gasteiger partial charge in [0.15, 0.2) is 0 Å². The molecular formula is C38H22N2O4. The Balaban J connectivity index is 1.28. The van der Waals surface area contributed by atoms with Crippen molar-refractivity contribution in [1.29, 1.82) is 0 Å². The molecule has 0 aromatic heterocycles. The minimum absolute atomic E-state index is 0.266. The third-order valence-corrected chi connectivity index (χ3v) is 8.35. The smallest absolute Gasteiger partial charge is 0.266 e. The molecule has 0 bridgehead atoms. The molecule has 4 amide bonds. The highest BCUT2D eigenvalue weighted by molar-refractivity contribution is 6.42. The van der Waals surface area contributed by atoms with Gasteiger partial charge in [0.25, 0.3) is 23.6 Å². The van der Waals surface area contributed by atoms with Crippen LogP contribution in [-0.2, 0) is 0 Å². The van der Waals surface area contributed by atoms with Gasteiger partial charge in [-0.1, -0.05) is 97.1 Å². The van der Waals surface area contributed by atoms with Crippen LogP contribution in [0.4, 0.5) is 11.4 Å². The fourth-order valence-electron chi connectivity index (χ4n) is 6.37. The van der Waals surface area contributed by atoms with Crippen molar-refractivity contribution in [3.05, 3.63) is 156 Å². The SMILES string of the molecule is O=C1c2ccc3c4c(ccc(c24)C(=O)N1c1ccccc1-c1ccccc1)C(=O)N(c1ccccc1-c1ccccc1)C3=O. The Morgan fingerprint density at radius 2 is 0.591 bits per heavy atom. The zero-order chi connectivity index (χ0) is 29.9. The van der Waals surface area contributed by atoms with Crippen LogP contribution in [0.25, 0.3) is 33.0 Å². The van der Waals surface area contributed by atoms with Gasteiger partial charge in [-0.2, -0.15) is 0 Å². The van der Waals surface area contributed by atoms with Crippen molar-refractivity contribution in [1.82, 2.24) is 0 Å². The number of hydrogen-bond donors (Lipinski definition) is 0. The van der Waals surface area contributed by atoms with E-state index in [9.17, 15) is 19.2 Å². The lowest BCUT2D eigenvalue weighted by molar-refractivity contribution is 0.0873. The standard InChI is InChI=1S/C38H22N2O4/c41-35-27-19-21-29-34-30(38(44)40(37(29)43)32-18-10-8-16-26(32)24-13-5-2-6-14-24)22-20-28(33(27)34)36(42)39(35)31-17-9-7-15-25(31)23-11-3-1-4-12-23/h1-22H. The van der Waals surface area contributed by atoms with Gasteiger partial charge in [0.2, 0.25) is 0 Å². The van der Waals surface area contributed by atoms with Gasteiger partial charge < -0.3 is 0 Å². The zero-order valence-corrected chi connectivity index (χ0v) is 23.2. The second-order valence-electron chi connectivity index (χ2n) is 10.7. The Bertz CT molecular complexity index is 1980. The summed E-state index contributed by atoms with van der Waals surface area (Å²) in [7, 11) is 0. The van der Waals surface area contributed by atoms with Crippen LogP contribution in [0, 0.1) is 0 Å². The molecule has 0 saturated carbocycles. The molecule has 44 heavy (non-hydrogen) atoms. The lowest BCUT2D eigenvalue weighted by atomic mass is 9.85. The second-order valence-corrected chi connectivity index (χ2v) is 10.7. The van der Waals surface area contributed by atoms with Gasteiger partial charge in [-0.3, -0.25) is 19.2 Å². The summed E-state index contributed by atoms with van der Waals surface area (Å²) in [6.07, 6.45) is 0. The third kappa shape index (κ3) is 3.61. The molecule has 6 aromatic carbocycles. The van der Waals surface area contributed by atoms with Crippen LogP contribution in [-0.4, -0.2) is 23.6 Å². The number of nitrogens with zero attached hydrogens (tertiary/aromatic N) is 2. The monoisotopic (exact) mass is 570 g/mol. The molecule has 2 heterocycles. The lowest BCUT2D eigenvalue weighted by Crippen LogP contribution is -2.43. The summed E-state index contributed by atoms with van der Waals surface area (Å²) in [5.41, 5.74) is 5.20. The van der Waals surface area contributed by atoms with E-state index in [1.165, 1.54) is 9.80 Å². The lowest BCUT2D eigenvalue weighted by Gasteiger charge is -2.33. The molecule has 0 atom stereocenters. The van der Waals surface area contributed by atoms with Crippen molar-refractivity contribution < 1.29 is 19.2 Å². The molecule has 0 radical (unpaired) electrons. The fourth-order valence-corrected chi connectivity index (χ4v) is 6.37. The molecule has 6 nitrogen and oxygen atoms in total. The third-order valence-electron chi connectivity index (χ3n) is 8.35.